The summed E-state index contributed by atoms with van der Waals surface area (Å²) in [4.78, 5) is 0. The molecule has 15 heavy (non-hydrogen) atoms. The van der Waals surface area contributed by atoms with E-state index in [2.05, 4.69) is 6.92 Å². The van der Waals surface area contributed by atoms with Crippen molar-refractivity contribution in [2.45, 2.75) is 83.2 Å². The number of aliphatic hydroxyl groups is 1. The van der Waals surface area contributed by atoms with Crippen LogP contribution in [0.3, 0.4) is 0 Å². The van der Waals surface area contributed by atoms with E-state index in [0.29, 0.717) is 5.41 Å². The molecule has 0 heterocycles. The fourth-order valence-electron chi connectivity index (χ4n) is 4.01. The van der Waals surface area contributed by atoms with E-state index in [4.69, 9.17) is 0 Å². The highest BCUT2D eigenvalue weighted by atomic mass is 16.3. The minimum atomic E-state index is -0.294. The van der Waals surface area contributed by atoms with Crippen LogP contribution >= 0.6 is 0 Å². The first-order valence-corrected chi connectivity index (χ1v) is 6.95. The van der Waals surface area contributed by atoms with Gasteiger partial charge in [-0.3, -0.25) is 0 Å². The standard InChI is InChI=1S/C14H26O/c1-2-3-11-14(15)12-7-6-10-13(14)8-4-5-9-13/h15H,2-12H2,1H3. The summed E-state index contributed by atoms with van der Waals surface area (Å²) < 4.78 is 0. The SMILES string of the molecule is CCCCC1(O)CCCCC12CCCC2. The molecule has 1 unspecified atom stereocenters. The van der Waals surface area contributed by atoms with Gasteiger partial charge in [-0.05, 0) is 37.5 Å². The number of rotatable bonds is 3. The second kappa shape index (κ2) is 4.45. The minimum Gasteiger partial charge on any atom is -0.389 e. The van der Waals surface area contributed by atoms with Gasteiger partial charge >= 0.3 is 0 Å². The molecule has 2 saturated carbocycles. The van der Waals surface area contributed by atoms with Gasteiger partial charge in [-0.1, -0.05) is 45.4 Å². The number of hydrogen-bond acceptors (Lipinski definition) is 1. The molecule has 1 nitrogen and oxygen atoms in total. The highest BCUT2D eigenvalue weighted by Gasteiger charge is 2.51. The Morgan fingerprint density at radius 2 is 1.47 bits per heavy atom. The van der Waals surface area contributed by atoms with Crippen LogP contribution in [0.1, 0.15) is 77.6 Å². The molecule has 1 heteroatoms. The lowest BCUT2D eigenvalue weighted by Gasteiger charge is -2.49. The minimum absolute atomic E-state index is 0.294. The maximum atomic E-state index is 11.0. The summed E-state index contributed by atoms with van der Waals surface area (Å²) in [5, 5.41) is 11.0. The predicted molar refractivity (Wildman–Crippen MR) is 63.8 cm³/mol. The summed E-state index contributed by atoms with van der Waals surface area (Å²) in [5.41, 5.74) is 0.0399. The third kappa shape index (κ3) is 1.95. The van der Waals surface area contributed by atoms with Crippen LogP contribution in [0.25, 0.3) is 0 Å². The van der Waals surface area contributed by atoms with Crippen molar-refractivity contribution in [3.8, 4) is 0 Å². The van der Waals surface area contributed by atoms with Gasteiger partial charge < -0.3 is 5.11 Å². The summed E-state index contributed by atoms with van der Waals surface area (Å²) in [7, 11) is 0. The topological polar surface area (TPSA) is 20.2 Å². The van der Waals surface area contributed by atoms with Gasteiger partial charge in [-0.25, -0.2) is 0 Å². The zero-order chi connectivity index (χ0) is 10.8. The Morgan fingerprint density at radius 3 is 2.00 bits per heavy atom. The normalized spacial score (nSPS) is 34.8. The number of hydrogen-bond donors (Lipinski definition) is 1. The van der Waals surface area contributed by atoms with Gasteiger partial charge in [0, 0.05) is 0 Å². The summed E-state index contributed by atoms with van der Waals surface area (Å²) in [5.74, 6) is 0. The van der Waals surface area contributed by atoms with E-state index in [1.54, 1.807) is 0 Å². The van der Waals surface area contributed by atoms with E-state index >= 15 is 0 Å². The summed E-state index contributed by atoms with van der Waals surface area (Å²) in [6, 6.07) is 0. The predicted octanol–water partition coefficient (Wildman–Crippen LogP) is 4.04. The molecule has 1 N–H and O–H groups in total. The van der Waals surface area contributed by atoms with Crippen molar-refractivity contribution < 1.29 is 5.11 Å². The Hall–Kier alpha value is -0.0400. The van der Waals surface area contributed by atoms with E-state index in [-0.39, 0.29) is 5.60 Å². The molecular weight excluding hydrogens is 184 g/mol. The van der Waals surface area contributed by atoms with Crippen molar-refractivity contribution in [2.75, 3.05) is 0 Å². The molecule has 1 atom stereocenters. The van der Waals surface area contributed by atoms with Gasteiger partial charge in [0.25, 0.3) is 0 Å². The lowest BCUT2D eigenvalue weighted by Crippen LogP contribution is -2.49. The molecule has 0 saturated heterocycles. The Morgan fingerprint density at radius 1 is 0.933 bits per heavy atom. The van der Waals surface area contributed by atoms with Crippen LogP contribution in [0, 0.1) is 5.41 Å². The van der Waals surface area contributed by atoms with Gasteiger partial charge in [0.2, 0.25) is 0 Å². The molecule has 0 aromatic heterocycles. The molecule has 0 amide bonds. The van der Waals surface area contributed by atoms with E-state index in [0.717, 1.165) is 12.8 Å². The summed E-state index contributed by atoms with van der Waals surface area (Å²) in [6.45, 7) is 2.23. The fraction of sp³-hybridized carbons (Fsp3) is 1.00. The molecule has 2 aliphatic carbocycles. The van der Waals surface area contributed by atoms with Crippen molar-refractivity contribution in [3.63, 3.8) is 0 Å². The molecule has 0 aliphatic heterocycles. The molecule has 0 aromatic carbocycles. The van der Waals surface area contributed by atoms with Gasteiger partial charge in [-0.15, -0.1) is 0 Å². The Labute approximate surface area is 94.3 Å². The molecule has 0 bridgehead atoms. The van der Waals surface area contributed by atoms with Crippen LogP contribution in [0.2, 0.25) is 0 Å². The monoisotopic (exact) mass is 210 g/mol. The Kier molecular flexibility index (Phi) is 3.39. The summed E-state index contributed by atoms with van der Waals surface area (Å²) >= 11 is 0. The van der Waals surface area contributed by atoms with Crippen LogP contribution in [-0.2, 0) is 0 Å². The first-order valence-electron chi connectivity index (χ1n) is 6.95. The third-order valence-corrected chi connectivity index (χ3v) is 4.99. The second-order valence-corrected chi connectivity index (χ2v) is 5.83. The zero-order valence-electron chi connectivity index (χ0n) is 10.2. The van der Waals surface area contributed by atoms with E-state index in [9.17, 15) is 5.11 Å². The fourth-order valence-corrected chi connectivity index (χ4v) is 4.01. The van der Waals surface area contributed by atoms with Gasteiger partial charge in [0.05, 0.1) is 5.60 Å². The Bertz CT molecular complexity index is 205. The van der Waals surface area contributed by atoms with Crippen molar-refractivity contribution in [1.29, 1.82) is 0 Å². The van der Waals surface area contributed by atoms with E-state index < -0.39 is 0 Å². The van der Waals surface area contributed by atoms with Crippen molar-refractivity contribution in [2.24, 2.45) is 5.41 Å². The molecule has 2 fully saturated rings. The van der Waals surface area contributed by atoms with E-state index in [1.165, 1.54) is 57.8 Å². The molecule has 88 valence electrons. The maximum absolute atomic E-state index is 11.0. The van der Waals surface area contributed by atoms with Crippen molar-refractivity contribution in [1.82, 2.24) is 0 Å². The highest BCUT2D eigenvalue weighted by Crippen LogP contribution is 2.56. The van der Waals surface area contributed by atoms with Crippen LogP contribution in [0.4, 0.5) is 0 Å². The first kappa shape index (κ1) is 11.4. The molecule has 2 rings (SSSR count). The molecule has 0 radical (unpaired) electrons. The average Bonchev–Trinajstić information content (AvgIpc) is 2.71. The quantitative estimate of drug-likeness (QED) is 0.745. The molecule has 2 aliphatic rings. The smallest absolute Gasteiger partial charge is 0.0703 e. The maximum Gasteiger partial charge on any atom is 0.0703 e. The Balaban J connectivity index is 2.10. The van der Waals surface area contributed by atoms with Gasteiger partial charge in [0.15, 0.2) is 0 Å². The molecular formula is C14H26O. The third-order valence-electron chi connectivity index (χ3n) is 4.99. The first-order chi connectivity index (χ1) is 7.22. The molecule has 1 spiro atoms. The van der Waals surface area contributed by atoms with Crippen molar-refractivity contribution >= 4 is 0 Å². The number of unbranched alkanes of at least 4 members (excludes halogenated alkanes) is 1. The summed E-state index contributed by atoms with van der Waals surface area (Å²) in [6.07, 6.45) is 13.8. The second-order valence-electron chi connectivity index (χ2n) is 5.83. The highest BCUT2D eigenvalue weighted by molar-refractivity contribution is 5.03. The average molecular weight is 210 g/mol. The largest absolute Gasteiger partial charge is 0.389 e. The zero-order valence-corrected chi connectivity index (χ0v) is 10.2. The lowest BCUT2D eigenvalue weighted by molar-refractivity contribution is -0.119. The van der Waals surface area contributed by atoms with Gasteiger partial charge in [-0.2, -0.15) is 0 Å². The van der Waals surface area contributed by atoms with Crippen molar-refractivity contribution in [3.05, 3.63) is 0 Å². The molecule has 0 aromatic rings. The van der Waals surface area contributed by atoms with Gasteiger partial charge in [0.1, 0.15) is 0 Å². The van der Waals surface area contributed by atoms with Crippen LogP contribution in [0.5, 0.6) is 0 Å². The van der Waals surface area contributed by atoms with Crippen LogP contribution < -0.4 is 0 Å². The van der Waals surface area contributed by atoms with E-state index in [1.807, 2.05) is 0 Å². The van der Waals surface area contributed by atoms with Crippen LogP contribution in [-0.4, -0.2) is 10.7 Å². The lowest BCUT2D eigenvalue weighted by atomic mass is 9.60. The van der Waals surface area contributed by atoms with Crippen LogP contribution in [0.15, 0.2) is 0 Å².